The molecule has 0 radical (unpaired) electrons. The molecule has 0 spiro atoms. The first-order valence-corrected chi connectivity index (χ1v) is 3.89. The zero-order valence-corrected chi connectivity index (χ0v) is 7.06. The number of nitrogens with zero attached hydrogens (tertiary/aromatic N) is 1. The highest BCUT2D eigenvalue weighted by Crippen LogP contribution is 2.11. The second-order valence-electron chi connectivity index (χ2n) is 3.04. The number of carbonyl (C=O) groups is 1. The van der Waals surface area contributed by atoms with E-state index in [2.05, 4.69) is 0 Å². The van der Waals surface area contributed by atoms with E-state index in [1.165, 1.54) is 4.90 Å². The van der Waals surface area contributed by atoms with Crippen LogP contribution in [-0.2, 0) is 4.74 Å². The van der Waals surface area contributed by atoms with Crippen LogP contribution >= 0.6 is 0 Å². The molecule has 2 unspecified atom stereocenters. The summed E-state index contributed by atoms with van der Waals surface area (Å²) in [5.41, 5.74) is 5.64. The van der Waals surface area contributed by atoms with E-state index in [4.69, 9.17) is 15.6 Å². The molecule has 1 heterocycles. The molecule has 70 valence electrons. The summed E-state index contributed by atoms with van der Waals surface area (Å²) < 4.78 is 5.06. The van der Waals surface area contributed by atoms with Crippen molar-refractivity contribution < 1.29 is 14.6 Å². The van der Waals surface area contributed by atoms with Crippen molar-refractivity contribution in [3.63, 3.8) is 0 Å². The van der Waals surface area contributed by atoms with Gasteiger partial charge >= 0.3 is 6.09 Å². The first-order chi connectivity index (χ1) is 5.63. The Balaban J connectivity index is 2.51. The first-order valence-electron chi connectivity index (χ1n) is 3.89. The van der Waals surface area contributed by atoms with Crippen molar-refractivity contribution in [1.29, 1.82) is 0 Å². The van der Waals surface area contributed by atoms with E-state index in [0.29, 0.717) is 13.1 Å². The van der Waals surface area contributed by atoms with E-state index < -0.39 is 6.09 Å². The van der Waals surface area contributed by atoms with Crippen LogP contribution in [0.15, 0.2) is 0 Å². The lowest BCUT2D eigenvalue weighted by molar-refractivity contribution is 0.0260. The van der Waals surface area contributed by atoms with Crippen LogP contribution in [0.3, 0.4) is 0 Å². The lowest BCUT2D eigenvalue weighted by Crippen LogP contribution is -2.51. The fraction of sp³-hybridized carbons (Fsp3) is 0.857. The van der Waals surface area contributed by atoms with E-state index >= 15 is 0 Å². The molecule has 1 fully saturated rings. The van der Waals surface area contributed by atoms with Gasteiger partial charge in [0.1, 0.15) is 0 Å². The molecule has 1 amide bonds. The zero-order valence-electron chi connectivity index (χ0n) is 7.06. The predicted octanol–water partition coefficient (Wildman–Crippen LogP) is -0.288. The normalized spacial score (nSPS) is 30.3. The number of piperidine rings is 1. The molecule has 5 nitrogen and oxygen atoms in total. The van der Waals surface area contributed by atoms with Crippen LogP contribution in [0.5, 0.6) is 0 Å². The zero-order chi connectivity index (χ0) is 9.14. The number of methoxy groups -OCH3 is 1. The minimum atomic E-state index is -0.924. The molecule has 0 aromatic rings. The number of ether oxygens (including phenoxy) is 1. The molecule has 5 heteroatoms. The van der Waals surface area contributed by atoms with Crippen molar-refractivity contribution in [3.05, 3.63) is 0 Å². The highest BCUT2D eigenvalue weighted by atomic mass is 16.5. The summed E-state index contributed by atoms with van der Waals surface area (Å²) in [5.74, 6) is 0. The molecule has 12 heavy (non-hydrogen) atoms. The number of carboxylic acid groups (broad SMARTS) is 1. The molecule has 3 N–H and O–H groups in total. The fourth-order valence-corrected chi connectivity index (χ4v) is 1.42. The van der Waals surface area contributed by atoms with Crippen molar-refractivity contribution in [1.82, 2.24) is 4.90 Å². The van der Waals surface area contributed by atoms with Gasteiger partial charge in [-0.15, -0.1) is 0 Å². The molecule has 0 aromatic carbocycles. The Morgan fingerprint density at radius 2 is 2.33 bits per heavy atom. The summed E-state index contributed by atoms with van der Waals surface area (Å²) in [5, 5.41) is 8.68. The third kappa shape index (κ3) is 2.09. The molecule has 0 aromatic heterocycles. The molecule has 0 bridgehead atoms. The largest absolute Gasteiger partial charge is 0.465 e. The van der Waals surface area contributed by atoms with Crippen LogP contribution in [0, 0.1) is 0 Å². The van der Waals surface area contributed by atoms with Gasteiger partial charge in [-0.1, -0.05) is 0 Å². The fourth-order valence-electron chi connectivity index (χ4n) is 1.42. The molecular formula is C7H14N2O3. The van der Waals surface area contributed by atoms with Crippen LogP contribution in [0.1, 0.15) is 6.42 Å². The topological polar surface area (TPSA) is 75.8 Å². The number of nitrogens with two attached hydrogens (primary N) is 1. The average molecular weight is 174 g/mol. The van der Waals surface area contributed by atoms with Crippen molar-refractivity contribution >= 4 is 6.09 Å². The van der Waals surface area contributed by atoms with Crippen molar-refractivity contribution in [2.45, 2.75) is 18.6 Å². The average Bonchev–Trinajstić information content (AvgIpc) is 2.03. The van der Waals surface area contributed by atoms with Crippen LogP contribution in [0.4, 0.5) is 4.79 Å². The van der Waals surface area contributed by atoms with E-state index in [0.717, 1.165) is 6.42 Å². The molecule has 1 aliphatic heterocycles. The van der Waals surface area contributed by atoms with E-state index in [1.807, 2.05) is 0 Å². The highest BCUT2D eigenvalue weighted by Gasteiger charge is 2.27. The summed E-state index contributed by atoms with van der Waals surface area (Å²) in [6.07, 6.45) is -0.239. The molecule has 0 saturated carbocycles. The van der Waals surface area contributed by atoms with Gasteiger partial charge in [-0.05, 0) is 6.42 Å². The number of hydrogen-bond acceptors (Lipinski definition) is 3. The molecular weight excluding hydrogens is 160 g/mol. The highest BCUT2D eigenvalue weighted by molar-refractivity contribution is 5.65. The van der Waals surface area contributed by atoms with E-state index in [-0.39, 0.29) is 12.1 Å². The van der Waals surface area contributed by atoms with Gasteiger partial charge in [0.05, 0.1) is 12.6 Å². The van der Waals surface area contributed by atoms with Gasteiger partial charge in [0.25, 0.3) is 0 Å². The number of likely N-dealkylation sites (tertiary alicyclic amines) is 1. The third-order valence-electron chi connectivity index (χ3n) is 2.05. The SMILES string of the molecule is COC1CC(N)CN(C(=O)O)C1. The van der Waals surface area contributed by atoms with Gasteiger partial charge in [0.15, 0.2) is 0 Å². The molecule has 2 atom stereocenters. The van der Waals surface area contributed by atoms with Crippen molar-refractivity contribution in [3.8, 4) is 0 Å². The minimum Gasteiger partial charge on any atom is -0.465 e. The summed E-state index contributed by atoms with van der Waals surface area (Å²) in [4.78, 5) is 11.9. The number of hydrogen-bond donors (Lipinski definition) is 2. The lowest BCUT2D eigenvalue weighted by atomic mass is 10.0. The second kappa shape index (κ2) is 3.73. The maximum Gasteiger partial charge on any atom is 0.407 e. The quantitative estimate of drug-likeness (QED) is 0.573. The lowest BCUT2D eigenvalue weighted by Gasteiger charge is -2.33. The third-order valence-corrected chi connectivity index (χ3v) is 2.05. The predicted molar refractivity (Wildman–Crippen MR) is 43.0 cm³/mol. The van der Waals surface area contributed by atoms with Gasteiger partial charge in [-0.25, -0.2) is 4.79 Å². The second-order valence-corrected chi connectivity index (χ2v) is 3.04. The Bertz CT molecular complexity index is 174. The summed E-state index contributed by atoms with van der Waals surface area (Å²) in [7, 11) is 1.57. The monoisotopic (exact) mass is 174 g/mol. The first kappa shape index (κ1) is 9.28. The van der Waals surface area contributed by atoms with Gasteiger partial charge in [0, 0.05) is 19.7 Å². The number of rotatable bonds is 1. The summed E-state index contributed by atoms with van der Waals surface area (Å²) >= 11 is 0. The molecule has 1 rings (SSSR count). The Kier molecular flexibility index (Phi) is 2.88. The van der Waals surface area contributed by atoms with Crippen LogP contribution in [-0.4, -0.2) is 48.4 Å². The summed E-state index contributed by atoms with van der Waals surface area (Å²) in [6, 6.07) is -0.0974. The standard InChI is InChI=1S/C7H14N2O3/c1-12-6-2-5(8)3-9(4-6)7(10)11/h5-6H,2-4,8H2,1H3,(H,10,11). The van der Waals surface area contributed by atoms with Crippen molar-refractivity contribution in [2.75, 3.05) is 20.2 Å². The Morgan fingerprint density at radius 1 is 1.67 bits per heavy atom. The Hall–Kier alpha value is -0.810. The minimum absolute atomic E-state index is 0.0511. The maximum atomic E-state index is 10.6. The van der Waals surface area contributed by atoms with Gasteiger partial charge in [-0.3, -0.25) is 0 Å². The van der Waals surface area contributed by atoms with E-state index in [9.17, 15) is 4.79 Å². The Morgan fingerprint density at radius 3 is 2.83 bits per heavy atom. The van der Waals surface area contributed by atoms with Crippen LogP contribution in [0.2, 0.25) is 0 Å². The van der Waals surface area contributed by atoms with Gasteiger partial charge in [0.2, 0.25) is 0 Å². The van der Waals surface area contributed by atoms with Gasteiger partial charge < -0.3 is 20.5 Å². The smallest absolute Gasteiger partial charge is 0.407 e. The number of amides is 1. The molecule has 1 aliphatic rings. The van der Waals surface area contributed by atoms with Crippen molar-refractivity contribution in [2.24, 2.45) is 5.73 Å². The van der Waals surface area contributed by atoms with Gasteiger partial charge in [-0.2, -0.15) is 0 Å². The maximum absolute atomic E-state index is 10.6. The Labute approximate surface area is 71.1 Å². The molecule has 0 aliphatic carbocycles. The molecule has 1 saturated heterocycles. The van der Waals surface area contributed by atoms with Crippen LogP contribution in [0.25, 0.3) is 0 Å². The summed E-state index contributed by atoms with van der Waals surface area (Å²) in [6.45, 7) is 0.842. The van der Waals surface area contributed by atoms with Crippen LogP contribution < -0.4 is 5.73 Å². The van der Waals surface area contributed by atoms with E-state index in [1.54, 1.807) is 7.11 Å².